The number of aliphatic hydroxyl groups excluding tert-OH is 1. The van der Waals surface area contributed by atoms with Crippen LogP contribution in [0.5, 0.6) is 5.75 Å². The molecule has 1 aromatic rings. The van der Waals surface area contributed by atoms with E-state index in [0.29, 0.717) is 18.0 Å². The van der Waals surface area contributed by atoms with Crippen LogP contribution in [0.15, 0.2) is 18.2 Å². The molecular weight excluding hydrogens is 256 g/mol. The third-order valence-corrected chi connectivity index (χ3v) is 4.12. The first kappa shape index (κ1) is 14.7. The zero-order valence-corrected chi connectivity index (χ0v) is 11.5. The SMILES string of the molecule is Nc1ccc(C(=O)NCC2CCCCC2CO)cc1O. The number of anilines is 1. The molecule has 0 aliphatic heterocycles. The van der Waals surface area contributed by atoms with Crippen molar-refractivity contribution in [1.82, 2.24) is 5.32 Å². The second kappa shape index (κ2) is 6.61. The van der Waals surface area contributed by atoms with Gasteiger partial charge in [0, 0.05) is 18.7 Å². The molecule has 5 heteroatoms. The van der Waals surface area contributed by atoms with Crippen molar-refractivity contribution in [3.63, 3.8) is 0 Å². The summed E-state index contributed by atoms with van der Waals surface area (Å²) >= 11 is 0. The molecule has 110 valence electrons. The number of nitrogen functional groups attached to an aromatic ring is 1. The topological polar surface area (TPSA) is 95.6 Å². The molecule has 20 heavy (non-hydrogen) atoms. The van der Waals surface area contributed by atoms with E-state index in [-0.39, 0.29) is 29.9 Å². The second-order valence-corrected chi connectivity index (χ2v) is 5.47. The first-order chi connectivity index (χ1) is 9.61. The second-order valence-electron chi connectivity index (χ2n) is 5.47. The Morgan fingerprint density at radius 3 is 2.65 bits per heavy atom. The number of hydrogen-bond acceptors (Lipinski definition) is 4. The van der Waals surface area contributed by atoms with Crippen molar-refractivity contribution in [3.8, 4) is 5.75 Å². The highest BCUT2D eigenvalue weighted by atomic mass is 16.3. The number of rotatable bonds is 4. The number of nitrogens with one attached hydrogen (secondary N) is 1. The fourth-order valence-electron chi connectivity index (χ4n) is 2.80. The maximum absolute atomic E-state index is 12.0. The third-order valence-electron chi connectivity index (χ3n) is 4.12. The largest absolute Gasteiger partial charge is 0.506 e. The monoisotopic (exact) mass is 278 g/mol. The number of benzene rings is 1. The fraction of sp³-hybridized carbons (Fsp3) is 0.533. The lowest BCUT2D eigenvalue weighted by Crippen LogP contribution is -2.35. The van der Waals surface area contributed by atoms with Gasteiger partial charge < -0.3 is 21.3 Å². The van der Waals surface area contributed by atoms with E-state index in [9.17, 15) is 15.0 Å². The predicted molar refractivity (Wildman–Crippen MR) is 77.4 cm³/mol. The summed E-state index contributed by atoms with van der Waals surface area (Å²) in [7, 11) is 0. The quantitative estimate of drug-likeness (QED) is 0.496. The van der Waals surface area contributed by atoms with Crippen molar-refractivity contribution in [3.05, 3.63) is 23.8 Å². The molecule has 2 atom stereocenters. The molecule has 0 radical (unpaired) electrons. The molecule has 0 aromatic heterocycles. The lowest BCUT2D eigenvalue weighted by Gasteiger charge is -2.30. The summed E-state index contributed by atoms with van der Waals surface area (Å²) in [5, 5.41) is 21.7. The van der Waals surface area contributed by atoms with Gasteiger partial charge in [0.2, 0.25) is 0 Å². The predicted octanol–water partition coefficient (Wildman–Crippen LogP) is 1.50. The molecule has 5 N–H and O–H groups in total. The minimum absolute atomic E-state index is 0.0800. The number of aromatic hydroxyl groups is 1. The minimum Gasteiger partial charge on any atom is -0.506 e. The van der Waals surface area contributed by atoms with E-state index >= 15 is 0 Å². The molecule has 1 saturated carbocycles. The standard InChI is InChI=1S/C15H22N2O3/c16-13-6-5-10(7-14(13)19)15(20)17-8-11-3-1-2-4-12(11)9-18/h5-7,11-12,18-19H,1-4,8-9,16H2,(H,17,20). The van der Waals surface area contributed by atoms with E-state index in [2.05, 4.69) is 5.32 Å². The van der Waals surface area contributed by atoms with E-state index < -0.39 is 0 Å². The Kier molecular flexibility index (Phi) is 4.84. The first-order valence-corrected chi connectivity index (χ1v) is 7.09. The molecule has 0 saturated heterocycles. The van der Waals surface area contributed by atoms with Crippen LogP contribution in [0.4, 0.5) is 5.69 Å². The number of aliphatic hydroxyl groups is 1. The Labute approximate surface area is 118 Å². The summed E-state index contributed by atoms with van der Waals surface area (Å²) in [5.41, 5.74) is 6.16. The van der Waals surface area contributed by atoms with Crippen molar-refractivity contribution < 1.29 is 15.0 Å². The Bertz CT molecular complexity index is 476. The molecule has 0 heterocycles. The molecule has 1 aromatic carbocycles. The molecule has 2 unspecified atom stereocenters. The van der Waals surface area contributed by atoms with Crippen molar-refractivity contribution in [2.45, 2.75) is 25.7 Å². The Morgan fingerprint density at radius 2 is 2.00 bits per heavy atom. The van der Waals surface area contributed by atoms with Gasteiger partial charge in [-0.3, -0.25) is 4.79 Å². The summed E-state index contributed by atoms with van der Waals surface area (Å²) in [6.07, 6.45) is 4.37. The number of phenolic OH excluding ortho intramolecular Hbond substituents is 1. The minimum atomic E-state index is -0.220. The van der Waals surface area contributed by atoms with Crippen LogP contribution in [0.25, 0.3) is 0 Å². The number of amides is 1. The first-order valence-electron chi connectivity index (χ1n) is 7.09. The summed E-state index contributed by atoms with van der Waals surface area (Å²) in [6, 6.07) is 4.48. The van der Waals surface area contributed by atoms with Crippen LogP contribution in [0.3, 0.4) is 0 Å². The number of carbonyl (C=O) groups excluding carboxylic acids is 1. The van der Waals surface area contributed by atoms with Gasteiger partial charge in [-0.1, -0.05) is 12.8 Å². The van der Waals surface area contributed by atoms with E-state index in [4.69, 9.17) is 5.73 Å². The number of carbonyl (C=O) groups is 1. The van der Waals surface area contributed by atoms with Gasteiger partial charge in [-0.05, 0) is 42.9 Å². The van der Waals surface area contributed by atoms with E-state index in [1.54, 1.807) is 6.07 Å². The van der Waals surface area contributed by atoms with Crippen LogP contribution in [0.2, 0.25) is 0 Å². The lowest BCUT2D eigenvalue weighted by atomic mass is 9.79. The molecule has 1 aliphatic carbocycles. The highest BCUT2D eigenvalue weighted by Crippen LogP contribution is 2.29. The Hall–Kier alpha value is -1.75. The van der Waals surface area contributed by atoms with E-state index in [1.165, 1.54) is 12.1 Å². The van der Waals surface area contributed by atoms with Gasteiger partial charge in [-0.25, -0.2) is 0 Å². The molecule has 5 nitrogen and oxygen atoms in total. The van der Waals surface area contributed by atoms with Gasteiger partial charge in [0.1, 0.15) is 5.75 Å². The highest BCUT2D eigenvalue weighted by molar-refractivity contribution is 5.95. The van der Waals surface area contributed by atoms with Crippen molar-refractivity contribution in [2.24, 2.45) is 11.8 Å². The van der Waals surface area contributed by atoms with Gasteiger partial charge in [0.15, 0.2) is 0 Å². The van der Waals surface area contributed by atoms with Gasteiger partial charge in [-0.2, -0.15) is 0 Å². The number of hydrogen-bond donors (Lipinski definition) is 4. The maximum atomic E-state index is 12.0. The summed E-state index contributed by atoms with van der Waals surface area (Å²) < 4.78 is 0. The van der Waals surface area contributed by atoms with Crippen molar-refractivity contribution >= 4 is 11.6 Å². The molecule has 1 fully saturated rings. The van der Waals surface area contributed by atoms with Gasteiger partial charge in [0.25, 0.3) is 5.91 Å². The Morgan fingerprint density at radius 1 is 1.30 bits per heavy atom. The van der Waals surface area contributed by atoms with Crippen LogP contribution in [0, 0.1) is 11.8 Å². The van der Waals surface area contributed by atoms with Gasteiger partial charge in [0.05, 0.1) is 5.69 Å². The summed E-state index contributed by atoms with van der Waals surface area (Å²) in [5.74, 6) is 0.315. The molecule has 1 amide bonds. The fourth-order valence-corrected chi connectivity index (χ4v) is 2.80. The van der Waals surface area contributed by atoms with Crippen LogP contribution in [0.1, 0.15) is 36.0 Å². The van der Waals surface area contributed by atoms with Crippen molar-refractivity contribution in [1.29, 1.82) is 0 Å². The van der Waals surface area contributed by atoms with Gasteiger partial charge in [-0.15, -0.1) is 0 Å². The van der Waals surface area contributed by atoms with Crippen LogP contribution < -0.4 is 11.1 Å². The molecular formula is C15H22N2O3. The molecule has 1 aliphatic rings. The van der Waals surface area contributed by atoms with Crippen LogP contribution >= 0.6 is 0 Å². The maximum Gasteiger partial charge on any atom is 0.251 e. The average molecular weight is 278 g/mol. The lowest BCUT2D eigenvalue weighted by molar-refractivity contribution is 0.0909. The number of phenols is 1. The summed E-state index contributed by atoms with van der Waals surface area (Å²) in [4.78, 5) is 12.0. The van der Waals surface area contributed by atoms with Crippen molar-refractivity contribution in [2.75, 3.05) is 18.9 Å². The highest BCUT2D eigenvalue weighted by Gasteiger charge is 2.24. The van der Waals surface area contributed by atoms with Gasteiger partial charge >= 0.3 is 0 Å². The zero-order chi connectivity index (χ0) is 14.5. The Balaban J connectivity index is 1.92. The average Bonchev–Trinajstić information content (AvgIpc) is 2.47. The molecule has 2 rings (SSSR count). The normalized spacial score (nSPS) is 22.4. The summed E-state index contributed by atoms with van der Waals surface area (Å²) in [6.45, 7) is 0.748. The number of nitrogens with two attached hydrogens (primary N) is 1. The third kappa shape index (κ3) is 3.42. The van der Waals surface area contributed by atoms with Crippen LogP contribution in [-0.4, -0.2) is 29.3 Å². The molecule has 0 spiro atoms. The zero-order valence-electron chi connectivity index (χ0n) is 11.5. The smallest absolute Gasteiger partial charge is 0.251 e. The van der Waals surface area contributed by atoms with E-state index in [0.717, 1.165) is 25.7 Å². The van der Waals surface area contributed by atoms with Crippen LogP contribution in [-0.2, 0) is 0 Å². The molecule has 0 bridgehead atoms. The van der Waals surface area contributed by atoms with E-state index in [1.807, 2.05) is 0 Å².